The van der Waals surface area contributed by atoms with Gasteiger partial charge in [0.2, 0.25) is 0 Å². The van der Waals surface area contributed by atoms with Crippen molar-refractivity contribution in [2.75, 3.05) is 19.8 Å². The van der Waals surface area contributed by atoms with Crippen LogP contribution in [0.25, 0.3) is 0 Å². The molecule has 2 aromatic carbocycles. The summed E-state index contributed by atoms with van der Waals surface area (Å²) in [6.45, 7) is 5.45. The van der Waals surface area contributed by atoms with Crippen molar-refractivity contribution < 1.29 is 14.6 Å². The molecule has 0 aromatic heterocycles. The highest BCUT2D eigenvalue weighted by Crippen LogP contribution is 2.34. The van der Waals surface area contributed by atoms with Crippen molar-refractivity contribution in [3.05, 3.63) is 59.2 Å². The van der Waals surface area contributed by atoms with Gasteiger partial charge in [-0.25, -0.2) is 0 Å². The van der Waals surface area contributed by atoms with Gasteiger partial charge in [-0.15, -0.1) is 0 Å². The molecule has 3 rings (SSSR count). The van der Waals surface area contributed by atoms with E-state index in [1.54, 1.807) is 0 Å². The molecule has 22 heavy (non-hydrogen) atoms. The first kappa shape index (κ1) is 14.9. The Morgan fingerprint density at radius 3 is 2.36 bits per heavy atom. The summed E-state index contributed by atoms with van der Waals surface area (Å²) in [7, 11) is 0. The number of fused-ring (bicyclic) bond motifs is 1. The lowest BCUT2D eigenvalue weighted by atomic mass is 9.78. The van der Waals surface area contributed by atoms with Gasteiger partial charge in [-0.3, -0.25) is 0 Å². The van der Waals surface area contributed by atoms with Crippen LogP contribution in [0.1, 0.15) is 23.6 Å². The van der Waals surface area contributed by atoms with Crippen LogP contribution in [0.4, 0.5) is 0 Å². The Kier molecular flexibility index (Phi) is 4.08. The molecule has 0 fully saturated rings. The van der Waals surface area contributed by atoms with Crippen LogP contribution < -0.4 is 9.47 Å². The quantitative estimate of drug-likeness (QED) is 0.941. The van der Waals surface area contributed by atoms with Crippen molar-refractivity contribution in [2.24, 2.45) is 0 Å². The van der Waals surface area contributed by atoms with Crippen LogP contribution in [-0.4, -0.2) is 24.9 Å². The van der Waals surface area contributed by atoms with Gasteiger partial charge in [0.25, 0.3) is 0 Å². The SMILES string of the molecule is Cc1ccc(C(C)(CO)Cc2ccc3c(c2)OCCO3)cc1. The highest BCUT2D eigenvalue weighted by atomic mass is 16.6. The topological polar surface area (TPSA) is 38.7 Å². The minimum Gasteiger partial charge on any atom is -0.486 e. The number of benzene rings is 2. The van der Waals surface area contributed by atoms with E-state index in [0.29, 0.717) is 13.2 Å². The first-order chi connectivity index (χ1) is 10.6. The van der Waals surface area contributed by atoms with E-state index >= 15 is 0 Å². The first-order valence-electron chi connectivity index (χ1n) is 7.67. The average molecular weight is 298 g/mol. The van der Waals surface area contributed by atoms with Gasteiger partial charge < -0.3 is 14.6 Å². The van der Waals surface area contributed by atoms with Crippen LogP contribution >= 0.6 is 0 Å². The molecule has 0 spiro atoms. The molecule has 0 radical (unpaired) electrons. The monoisotopic (exact) mass is 298 g/mol. The molecule has 1 unspecified atom stereocenters. The Bertz CT molecular complexity index is 648. The second-order valence-electron chi connectivity index (χ2n) is 6.24. The number of aliphatic hydroxyl groups excluding tert-OH is 1. The van der Waals surface area contributed by atoms with Gasteiger partial charge in [0.15, 0.2) is 11.5 Å². The first-order valence-corrected chi connectivity index (χ1v) is 7.67. The zero-order chi connectivity index (χ0) is 15.6. The summed E-state index contributed by atoms with van der Waals surface area (Å²) in [5.41, 5.74) is 3.21. The van der Waals surface area contributed by atoms with Gasteiger partial charge in [0.05, 0.1) is 6.61 Å². The number of aliphatic hydroxyl groups is 1. The molecule has 3 nitrogen and oxygen atoms in total. The van der Waals surface area contributed by atoms with E-state index in [0.717, 1.165) is 29.0 Å². The molecule has 1 N–H and O–H groups in total. The molecular weight excluding hydrogens is 276 g/mol. The largest absolute Gasteiger partial charge is 0.486 e. The van der Waals surface area contributed by atoms with Gasteiger partial charge in [-0.2, -0.15) is 0 Å². The Hall–Kier alpha value is -2.00. The standard InChI is InChI=1S/C19H22O3/c1-14-3-6-16(7-4-14)19(2,13-20)12-15-5-8-17-18(11-15)22-10-9-21-17/h3-8,11,20H,9-10,12-13H2,1-2H3. The molecule has 1 aliphatic heterocycles. The van der Waals surface area contributed by atoms with E-state index in [2.05, 4.69) is 44.2 Å². The lowest BCUT2D eigenvalue weighted by Gasteiger charge is -2.29. The molecule has 0 amide bonds. The summed E-state index contributed by atoms with van der Waals surface area (Å²) in [4.78, 5) is 0. The molecule has 0 saturated carbocycles. The van der Waals surface area contributed by atoms with Crippen molar-refractivity contribution in [2.45, 2.75) is 25.7 Å². The molecule has 0 aliphatic carbocycles. The Morgan fingerprint density at radius 1 is 1.00 bits per heavy atom. The number of aryl methyl sites for hydroxylation is 1. The molecule has 1 heterocycles. The third-order valence-electron chi connectivity index (χ3n) is 4.30. The normalized spacial score (nSPS) is 16.1. The van der Waals surface area contributed by atoms with Gasteiger partial charge in [-0.1, -0.05) is 42.8 Å². The minimum absolute atomic E-state index is 0.102. The lowest BCUT2D eigenvalue weighted by Crippen LogP contribution is -2.29. The maximum atomic E-state index is 9.95. The third kappa shape index (κ3) is 2.95. The summed E-state index contributed by atoms with van der Waals surface area (Å²) in [5.74, 6) is 1.60. The second kappa shape index (κ2) is 6.01. The number of hydrogen-bond donors (Lipinski definition) is 1. The molecule has 2 aromatic rings. The maximum absolute atomic E-state index is 9.95. The van der Waals surface area contributed by atoms with Crippen molar-refractivity contribution in [3.8, 4) is 11.5 Å². The van der Waals surface area contributed by atoms with Crippen molar-refractivity contribution in [3.63, 3.8) is 0 Å². The van der Waals surface area contributed by atoms with E-state index in [1.807, 2.05) is 12.1 Å². The van der Waals surface area contributed by atoms with Crippen LogP contribution in [0.5, 0.6) is 11.5 Å². The van der Waals surface area contributed by atoms with E-state index in [-0.39, 0.29) is 12.0 Å². The van der Waals surface area contributed by atoms with E-state index in [4.69, 9.17) is 9.47 Å². The van der Waals surface area contributed by atoms with Crippen LogP contribution in [0, 0.1) is 6.92 Å². The predicted molar refractivity (Wildman–Crippen MR) is 86.8 cm³/mol. The second-order valence-corrected chi connectivity index (χ2v) is 6.24. The molecule has 1 atom stereocenters. The van der Waals surface area contributed by atoms with Gasteiger partial charge in [-0.05, 0) is 36.6 Å². The average Bonchev–Trinajstić information content (AvgIpc) is 2.55. The summed E-state index contributed by atoms with van der Waals surface area (Å²) < 4.78 is 11.2. The van der Waals surface area contributed by atoms with E-state index < -0.39 is 0 Å². The van der Waals surface area contributed by atoms with Crippen molar-refractivity contribution in [1.82, 2.24) is 0 Å². The van der Waals surface area contributed by atoms with Gasteiger partial charge in [0, 0.05) is 5.41 Å². The summed E-state index contributed by atoms with van der Waals surface area (Å²) in [5, 5.41) is 9.95. The molecule has 0 bridgehead atoms. The molecule has 0 saturated heterocycles. The summed E-state index contributed by atoms with van der Waals surface area (Å²) in [6, 6.07) is 14.4. The summed E-state index contributed by atoms with van der Waals surface area (Å²) >= 11 is 0. The number of rotatable bonds is 4. The van der Waals surface area contributed by atoms with Crippen molar-refractivity contribution >= 4 is 0 Å². The zero-order valence-corrected chi connectivity index (χ0v) is 13.1. The smallest absolute Gasteiger partial charge is 0.161 e. The Morgan fingerprint density at radius 2 is 1.68 bits per heavy atom. The van der Waals surface area contributed by atoms with Gasteiger partial charge in [0.1, 0.15) is 13.2 Å². The van der Waals surface area contributed by atoms with E-state index in [9.17, 15) is 5.11 Å². The van der Waals surface area contributed by atoms with Crippen LogP contribution in [0.2, 0.25) is 0 Å². The minimum atomic E-state index is -0.308. The summed E-state index contributed by atoms with van der Waals surface area (Å²) in [6.07, 6.45) is 0.753. The zero-order valence-electron chi connectivity index (χ0n) is 13.1. The predicted octanol–water partition coefficient (Wildman–Crippen LogP) is 3.26. The molecule has 3 heteroatoms. The number of hydrogen-bond acceptors (Lipinski definition) is 3. The fourth-order valence-electron chi connectivity index (χ4n) is 2.85. The highest BCUT2D eigenvalue weighted by molar-refractivity contribution is 5.45. The molecule has 1 aliphatic rings. The van der Waals surface area contributed by atoms with Crippen LogP contribution in [0.3, 0.4) is 0 Å². The Balaban J connectivity index is 1.87. The number of ether oxygens (including phenoxy) is 2. The fraction of sp³-hybridized carbons (Fsp3) is 0.368. The molecular formula is C19H22O3. The lowest BCUT2D eigenvalue weighted by molar-refractivity contribution is 0.171. The fourth-order valence-corrected chi connectivity index (χ4v) is 2.85. The van der Waals surface area contributed by atoms with Crippen LogP contribution in [-0.2, 0) is 11.8 Å². The van der Waals surface area contributed by atoms with E-state index in [1.165, 1.54) is 5.56 Å². The molecule has 116 valence electrons. The maximum Gasteiger partial charge on any atom is 0.161 e. The van der Waals surface area contributed by atoms with Crippen LogP contribution in [0.15, 0.2) is 42.5 Å². The van der Waals surface area contributed by atoms with Crippen molar-refractivity contribution in [1.29, 1.82) is 0 Å². The Labute approximate surface area is 131 Å². The van der Waals surface area contributed by atoms with Gasteiger partial charge >= 0.3 is 0 Å². The highest BCUT2D eigenvalue weighted by Gasteiger charge is 2.27. The third-order valence-corrected chi connectivity index (χ3v) is 4.30.